The van der Waals surface area contributed by atoms with Crippen LogP contribution in [0.2, 0.25) is 0 Å². The second-order valence-corrected chi connectivity index (χ2v) is 6.32. The van der Waals surface area contributed by atoms with Gasteiger partial charge in [0, 0.05) is 18.5 Å². The Balaban J connectivity index is 0.00000288. The molecule has 24 heavy (non-hydrogen) atoms. The lowest BCUT2D eigenvalue weighted by Crippen LogP contribution is -2.46. The molecule has 2 rings (SSSR count). The smallest absolute Gasteiger partial charge is 0.258 e. The number of halogens is 1. The Morgan fingerprint density at radius 1 is 1.08 bits per heavy atom. The maximum atomic E-state index is 11.8. The molecule has 0 aliphatic carbocycles. The number of carbonyl (C=O) groups is 1. The van der Waals surface area contributed by atoms with Crippen LogP contribution in [0.25, 0.3) is 0 Å². The normalized spacial score (nSPS) is 10.6. The van der Waals surface area contributed by atoms with E-state index in [1.165, 1.54) is 5.56 Å². The fraction of sp³-hybridized carbons (Fsp3) is 0.316. The SMILES string of the molecule is CC(C)(N)CNC(=O)COc1ccccc1Cc1ccccc1.Cl. The van der Waals surface area contributed by atoms with E-state index < -0.39 is 5.54 Å². The Hall–Kier alpha value is -2.04. The molecule has 0 aromatic heterocycles. The number of amides is 1. The summed E-state index contributed by atoms with van der Waals surface area (Å²) in [5.41, 5.74) is 7.68. The van der Waals surface area contributed by atoms with E-state index in [0.717, 1.165) is 17.7 Å². The van der Waals surface area contributed by atoms with E-state index in [1.54, 1.807) is 0 Å². The lowest BCUT2D eigenvalue weighted by molar-refractivity contribution is -0.123. The van der Waals surface area contributed by atoms with Crippen molar-refractivity contribution in [2.75, 3.05) is 13.2 Å². The predicted octanol–water partition coefficient (Wildman–Crippen LogP) is 2.93. The van der Waals surface area contributed by atoms with E-state index >= 15 is 0 Å². The molecule has 0 fully saturated rings. The van der Waals surface area contributed by atoms with Crippen molar-refractivity contribution in [3.8, 4) is 5.75 Å². The van der Waals surface area contributed by atoms with Gasteiger partial charge >= 0.3 is 0 Å². The first-order valence-electron chi connectivity index (χ1n) is 7.74. The molecular weight excluding hydrogens is 324 g/mol. The van der Waals surface area contributed by atoms with Gasteiger partial charge in [-0.1, -0.05) is 48.5 Å². The number of hydrogen-bond acceptors (Lipinski definition) is 3. The third-order valence-corrected chi connectivity index (χ3v) is 3.31. The molecule has 0 heterocycles. The van der Waals surface area contributed by atoms with Gasteiger partial charge in [-0.3, -0.25) is 4.79 Å². The van der Waals surface area contributed by atoms with Crippen LogP contribution in [0.5, 0.6) is 5.75 Å². The number of ether oxygens (including phenoxy) is 1. The minimum absolute atomic E-state index is 0. The summed E-state index contributed by atoms with van der Waals surface area (Å²) in [6.45, 7) is 4.13. The number of nitrogens with two attached hydrogens (primary N) is 1. The van der Waals surface area contributed by atoms with Crippen LogP contribution in [-0.2, 0) is 11.2 Å². The van der Waals surface area contributed by atoms with Gasteiger partial charge in [0.2, 0.25) is 0 Å². The van der Waals surface area contributed by atoms with Crippen LogP contribution < -0.4 is 15.8 Å². The highest BCUT2D eigenvalue weighted by Crippen LogP contribution is 2.21. The Morgan fingerprint density at radius 2 is 1.71 bits per heavy atom. The number of para-hydroxylation sites is 1. The number of nitrogens with one attached hydrogen (secondary N) is 1. The third kappa shape index (κ3) is 7.02. The molecule has 1 amide bonds. The number of carbonyl (C=O) groups excluding carboxylic acids is 1. The molecular formula is C19H25ClN2O2. The quantitative estimate of drug-likeness (QED) is 0.808. The second kappa shape index (κ2) is 9.30. The Kier molecular flexibility index (Phi) is 7.75. The molecule has 2 aromatic rings. The van der Waals surface area contributed by atoms with Crippen molar-refractivity contribution in [2.45, 2.75) is 25.8 Å². The largest absolute Gasteiger partial charge is 0.483 e. The van der Waals surface area contributed by atoms with Crippen molar-refractivity contribution < 1.29 is 9.53 Å². The lowest BCUT2D eigenvalue weighted by Gasteiger charge is -2.19. The first-order chi connectivity index (χ1) is 10.9. The minimum atomic E-state index is -0.430. The highest BCUT2D eigenvalue weighted by Gasteiger charge is 2.13. The van der Waals surface area contributed by atoms with E-state index in [9.17, 15) is 4.79 Å². The van der Waals surface area contributed by atoms with Crippen molar-refractivity contribution >= 4 is 18.3 Å². The highest BCUT2D eigenvalue weighted by atomic mass is 35.5. The van der Waals surface area contributed by atoms with Crippen LogP contribution in [0.15, 0.2) is 54.6 Å². The van der Waals surface area contributed by atoms with Gasteiger partial charge in [-0.25, -0.2) is 0 Å². The molecule has 0 bridgehead atoms. The maximum Gasteiger partial charge on any atom is 0.258 e. The highest BCUT2D eigenvalue weighted by molar-refractivity contribution is 5.85. The first-order valence-corrected chi connectivity index (χ1v) is 7.74. The summed E-state index contributed by atoms with van der Waals surface area (Å²) in [6, 6.07) is 18.0. The molecule has 5 heteroatoms. The Morgan fingerprint density at radius 3 is 2.38 bits per heavy atom. The second-order valence-electron chi connectivity index (χ2n) is 6.32. The summed E-state index contributed by atoms with van der Waals surface area (Å²) < 4.78 is 5.68. The third-order valence-electron chi connectivity index (χ3n) is 3.31. The summed E-state index contributed by atoms with van der Waals surface area (Å²) >= 11 is 0. The van der Waals surface area contributed by atoms with Gasteiger partial charge < -0.3 is 15.8 Å². The standard InChI is InChI=1S/C19H24N2O2.ClH/c1-19(2,20)14-21-18(22)13-23-17-11-7-6-10-16(17)12-15-8-4-3-5-9-15;/h3-11H,12-14,20H2,1-2H3,(H,21,22);1H. The van der Waals surface area contributed by atoms with E-state index in [2.05, 4.69) is 17.4 Å². The van der Waals surface area contributed by atoms with Crippen LogP contribution in [0.4, 0.5) is 0 Å². The molecule has 0 aliphatic heterocycles. The molecule has 0 saturated heterocycles. The summed E-state index contributed by atoms with van der Waals surface area (Å²) in [6.07, 6.45) is 0.772. The zero-order valence-corrected chi connectivity index (χ0v) is 14.9. The van der Waals surface area contributed by atoms with Gasteiger partial charge in [0.05, 0.1) is 0 Å². The topological polar surface area (TPSA) is 64.3 Å². The minimum Gasteiger partial charge on any atom is -0.483 e. The fourth-order valence-corrected chi connectivity index (χ4v) is 2.13. The number of rotatable bonds is 7. The van der Waals surface area contributed by atoms with E-state index in [4.69, 9.17) is 10.5 Å². The number of hydrogen-bond donors (Lipinski definition) is 2. The van der Waals surface area contributed by atoms with Crippen LogP contribution in [0.1, 0.15) is 25.0 Å². The summed E-state index contributed by atoms with van der Waals surface area (Å²) in [5.74, 6) is 0.566. The fourth-order valence-electron chi connectivity index (χ4n) is 2.13. The maximum absolute atomic E-state index is 11.8. The molecule has 0 aliphatic rings. The van der Waals surface area contributed by atoms with Crippen molar-refractivity contribution in [3.63, 3.8) is 0 Å². The van der Waals surface area contributed by atoms with Gasteiger partial charge in [0.25, 0.3) is 5.91 Å². The molecule has 0 saturated carbocycles. The van der Waals surface area contributed by atoms with Gasteiger partial charge in [-0.2, -0.15) is 0 Å². The molecule has 0 unspecified atom stereocenters. The van der Waals surface area contributed by atoms with E-state index in [0.29, 0.717) is 6.54 Å². The van der Waals surface area contributed by atoms with Crippen molar-refractivity contribution in [1.29, 1.82) is 0 Å². The van der Waals surface area contributed by atoms with Crippen LogP contribution >= 0.6 is 12.4 Å². The summed E-state index contributed by atoms with van der Waals surface area (Å²) in [5, 5.41) is 2.77. The molecule has 3 N–H and O–H groups in total. The molecule has 0 radical (unpaired) electrons. The van der Waals surface area contributed by atoms with Crippen LogP contribution in [-0.4, -0.2) is 24.6 Å². The van der Waals surface area contributed by atoms with Crippen molar-refractivity contribution in [3.05, 3.63) is 65.7 Å². The lowest BCUT2D eigenvalue weighted by atomic mass is 10.0. The number of benzene rings is 2. The average Bonchev–Trinajstić information content (AvgIpc) is 2.52. The zero-order chi connectivity index (χ0) is 16.7. The van der Waals surface area contributed by atoms with Gasteiger partial charge in [-0.05, 0) is 31.0 Å². The van der Waals surface area contributed by atoms with Gasteiger partial charge in [0.1, 0.15) is 5.75 Å². The molecule has 130 valence electrons. The Bertz CT molecular complexity index is 639. The monoisotopic (exact) mass is 348 g/mol. The molecule has 0 spiro atoms. The van der Waals surface area contributed by atoms with Gasteiger partial charge in [0.15, 0.2) is 6.61 Å². The Labute approximate surface area is 149 Å². The van der Waals surface area contributed by atoms with E-state index in [-0.39, 0.29) is 24.9 Å². The molecule has 0 atom stereocenters. The van der Waals surface area contributed by atoms with Crippen LogP contribution in [0, 0.1) is 0 Å². The summed E-state index contributed by atoms with van der Waals surface area (Å²) in [4.78, 5) is 11.8. The predicted molar refractivity (Wildman–Crippen MR) is 99.7 cm³/mol. The van der Waals surface area contributed by atoms with Crippen molar-refractivity contribution in [2.24, 2.45) is 5.73 Å². The molecule has 4 nitrogen and oxygen atoms in total. The summed E-state index contributed by atoms with van der Waals surface area (Å²) in [7, 11) is 0. The van der Waals surface area contributed by atoms with E-state index in [1.807, 2.05) is 56.3 Å². The average molecular weight is 349 g/mol. The zero-order valence-electron chi connectivity index (χ0n) is 14.1. The van der Waals surface area contributed by atoms with Crippen molar-refractivity contribution in [1.82, 2.24) is 5.32 Å². The van der Waals surface area contributed by atoms with Gasteiger partial charge in [-0.15, -0.1) is 12.4 Å². The molecule has 2 aromatic carbocycles. The first kappa shape index (κ1) is 20.0. The van der Waals surface area contributed by atoms with Crippen LogP contribution in [0.3, 0.4) is 0 Å².